The summed E-state index contributed by atoms with van der Waals surface area (Å²) in [6.45, 7) is 5.04. The number of piperazine rings is 1. The smallest absolute Gasteiger partial charge is 0.246 e. The molecule has 0 radical (unpaired) electrons. The Morgan fingerprint density at radius 1 is 1.33 bits per heavy atom. The number of nitrogens with zero attached hydrogens (tertiary/aromatic N) is 3. The quantitative estimate of drug-likeness (QED) is 0.872. The predicted octanol–water partition coefficient (Wildman–Crippen LogP) is 0.789. The molecular weight excluding hydrogens is 268 g/mol. The third-order valence-corrected chi connectivity index (χ3v) is 4.50. The second-order valence-corrected chi connectivity index (χ2v) is 6.49. The fourth-order valence-electron chi connectivity index (χ4n) is 2.91. The van der Waals surface area contributed by atoms with E-state index in [1.54, 1.807) is 17.4 Å². The van der Waals surface area contributed by atoms with Gasteiger partial charge in [0.2, 0.25) is 11.8 Å². The van der Waals surface area contributed by atoms with Gasteiger partial charge in [0.15, 0.2) is 0 Å². The van der Waals surface area contributed by atoms with Crippen molar-refractivity contribution >= 4 is 11.8 Å². The highest BCUT2D eigenvalue weighted by Gasteiger charge is 2.50. The van der Waals surface area contributed by atoms with E-state index < -0.39 is 5.54 Å². The van der Waals surface area contributed by atoms with E-state index in [4.69, 9.17) is 0 Å². The molecule has 1 atom stereocenters. The van der Waals surface area contributed by atoms with E-state index in [0.29, 0.717) is 12.5 Å². The maximum absolute atomic E-state index is 12.7. The minimum Gasteiger partial charge on any atom is -0.342 e. The van der Waals surface area contributed by atoms with Gasteiger partial charge in [0.05, 0.1) is 6.33 Å². The second-order valence-electron chi connectivity index (χ2n) is 6.49. The van der Waals surface area contributed by atoms with Crippen molar-refractivity contribution in [3.8, 4) is 0 Å². The average molecular weight is 290 g/mol. The number of nitrogens with one attached hydrogen (secondary N) is 1. The molecule has 21 heavy (non-hydrogen) atoms. The number of hydrogen-bond donors (Lipinski definition) is 1. The van der Waals surface area contributed by atoms with Crippen molar-refractivity contribution in [3.05, 3.63) is 18.7 Å². The summed E-state index contributed by atoms with van der Waals surface area (Å²) in [5.41, 5.74) is -0.766. The molecule has 114 valence electrons. The van der Waals surface area contributed by atoms with E-state index in [9.17, 15) is 9.59 Å². The Kier molecular flexibility index (Phi) is 3.47. The van der Waals surface area contributed by atoms with Crippen molar-refractivity contribution in [2.75, 3.05) is 6.54 Å². The first-order valence-corrected chi connectivity index (χ1v) is 7.58. The molecule has 3 rings (SSSR count). The lowest BCUT2D eigenvalue weighted by Gasteiger charge is -2.44. The van der Waals surface area contributed by atoms with Gasteiger partial charge in [-0.15, -0.1) is 0 Å². The molecule has 0 bridgehead atoms. The molecule has 0 spiro atoms. The molecule has 1 saturated heterocycles. The van der Waals surface area contributed by atoms with Crippen molar-refractivity contribution in [2.24, 2.45) is 5.92 Å². The van der Waals surface area contributed by atoms with Crippen LogP contribution in [0.4, 0.5) is 0 Å². The highest BCUT2D eigenvalue weighted by Crippen LogP contribution is 2.36. The minimum atomic E-state index is -0.766. The van der Waals surface area contributed by atoms with Gasteiger partial charge in [0.1, 0.15) is 11.6 Å². The van der Waals surface area contributed by atoms with Gasteiger partial charge in [-0.05, 0) is 39.0 Å². The number of carbonyl (C=O) groups is 2. The van der Waals surface area contributed by atoms with Gasteiger partial charge < -0.3 is 14.8 Å². The Hall–Kier alpha value is -1.85. The number of rotatable bonds is 5. The molecule has 0 aromatic carbocycles. The minimum absolute atomic E-state index is 0.0402. The fraction of sp³-hybridized carbons (Fsp3) is 0.667. The zero-order valence-corrected chi connectivity index (χ0v) is 12.6. The third-order valence-electron chi connectivity index (χ3n) is 4.50. The summed E-state index contributed by atoms with van der Waals surface area (Å²) in [7, 11) is 0. The molecule has 1 saturated carbocycles. The first-order chi connectivity index (χ1) is 10.00. The normalized spacial score (nSPS) is 25.0. The number of aryl methyl sites for hydroxylation is 1. The van der Waals surface area contributed by atoms with Crippen molar-refractivity contribution < 1.29 is 9.59 Å². The second kappa shape index (κ2) is 5.16. The fourth-order valence-corrected chi connectivity index (χ4v) is 2.91. The Morgan fingerprint density at radius 2 is 2.10 bits per heavy atom. The first kappa shape index (κ1) is 14.1. The van der Waals surface area contributed by atoms with Gasteiger partial charge >= 0.3 is 0 Å². The topological polar surface area (TPSA) is 67.2 Å². The summed E-state index contributed by atoms with van der Waals surface area (Å²) in [6, 6.07) is -0.307. The van der Waals surface area contributed by atoms with E-state index >= 15 is 0 Å². The summed E-state index contributed by atoms with van der Waals surface area (Å²) in [6.07, 6.45) is 8.31. The van der Waals surface area contributed by atoms with Crippen LogP contribution in [-0.4, -0.2) is 44.4 Å². The number of carbonyl (C=O) groups excluding carboxylic acids is 2. The SMILES string of the molecule is CC1(C)C(=O)NC(C2CC2)C(=O)N1CCCn1ccnc1. The summed E-state index contributed by atoms with van der Waals surface area (Å²) in [5.74, 6) is 0.378. The van der Waals surface area contributed by atoms with Gasteiger partial charge in [0, 0.05) is 25.5 Å². The van der Waals surface area contributed by atoms with Crippen LogP contribution in [0, 0.1) is 5.92 Å². The standard InChI is InChI=1S/C15H22N4O2/c1-15(2)14(21)17-12(11-4-5-11)13(20)19(15)8-3-7-18-9-6-16-10-18/h6,9-12H,3-5,7-8H2,1-2H3,(H,17,21). The third kappa shape index (κ3) is 2.66. The van der Waals surface area contributed by atoms with Crippen LogP contribution in [0.15, 0.2) is 18.7 Å². The Morgan fingerprint density at radius 3 is 2.71 bits per heavy atom. The Balaban J connectivity index is 1.66. The first-order valence-electron chi connectivity index (χ1n) is 7.58. The molecule has 2 aliphatic rings. The summed E-state index contributed by atoms with van der Waals surface area (Å²) >= 11 is 0. The summed E-state index contributed by atoms with van der Waals surface area (Å²) in [4.78, 5) is 30.7. The molecule has 2 heterocycles. The van der Waals surface area contributed by atoms with E-state index in [1.165, 1.54) is 0 Å². The Labute approximate surface area is 124 Å². The molecule has 1 aliphatic carbocycles. The van der Waals surface area contributed by atoms with E-state index in [0.717, 1.165) is 25.8 Å². The maximum atomic E-state index is 12.7. The zero-order valence-electron chi connectivity index (χ0n) is 12.6. The highest BCUT2D eigenvalue weighted by molar-refractivity contribution is 5.99. The molecule has 1 aliphatic heterocycles. The van der Waals surface area contributed by atoms with Crippen LogP contribution < -0.4 is 5.32 Å². The molecule has 2 amide bonds. The van der Waals surface area contributed by atoms with Crippen LogP contribution in [0.5, 0.6) is 0 Å². The van der Waals surface area contributed by atoms with Crippen molar-refractivity contribution in [1.82, 2.24) is 19.8 Å². The van der Waals surface area contributed by atoms with Crippen molar-refractivity contribution in [1.29, 1.82) is 0 Å². The van der Waals surface area contributed by atoms with Crippen LogP contribution in [0.25, 0.3) is 0 Å². The monoisotopic (exact) mass is 290 g/mol. The molecule has 6 heteroatoms. The lowest BCUT2D eigenvalue weighted by Crippen LogP contribution is -2.69. The van der Waals surface area contributed by atoms with Crippen LogP contribution in [0.1, 0.15) is 33.1 Å². The van der Waals surface area contributed by atoms with E-state index in [1.807, 2.05) is 24.6 Å². The van der Waals surface area contributed by atoms with Crippen molar-refractivity contribution in [3.63, 3.8) is 0 Å². The van der Waals surface area contributed by atoms with Gasteiger partial charge in [-0.3, -0.25) is 9.59 Å². The summed E-state index contributed by atoms with van der Waals surface area (Å²) < 4.78 is 1.99. The lowest BCUT2D eigenvalue weighted by molar-refractivity contribution is -0.156. The van der Waals surface area contributed by atoms with Crippen molar-refractivity contribution in [2.45, 2.75) is 51.2 Å². The molecule has 1 unspecified atom stereocenters. The molecule has 1 aromatic heterocycles. The van der Waals surface area contributed by atoms with Gasteiger partial charge in [-0.25, -0.2) is 4.98 Å². The van der Waals surface area contributed by atoms with E-state index in [-0.39, 0.29) is 17.9 Å². The van der Waals surface area contributed by atoms with Gasteiger partial charge in [-0.1, -0.05) is 0 Å². The molecule has 1 N–H and O–H groups in total. The average Bonchev–Trinajstić information content (AvgIpc) is 3.14. The Bertz CT molecular complexity index is 534. The summed E-state index contributed by atoms with van der Waals surface area (Å²) in [5, 5.41) is 2.91. The number of amides is 2. The molecule has 1 aromatic rings. The largest absolute Gasteiger partial charge is 0.342 e. The van der Waals surface area contributed by atoms with Crippen LogP contribution >= 0.6 is 0 Å². The predicted molar refractivity (Wildman–Crippen MR) is 77.3 cm³/mol. The highest BCUT2D eigenvalue weighted by atomic mass is 16.2. The number of hydrogen-bond acceptors (Lipinski definition) is 3. The number of aromatic nitrogens is 2. The molecule has 6 nitrogen and oxygen atoms in total. The van der Waals surface area contributed by atoms with Crippen LogP contribution in [0.3, 0.4) is 0 Å². The van der Waals surface area contributed by atoms with Gasteiger partial charge in [-0.2, -0.15) is 0 Å². The van der Waals surface area contributed by atoms with Gasteiger partial charge in [0.25, 0.3) is 0 Å². The van der Waals surface area contributed by atoms with E-state index in [2.05, 4.69) is 10.3 Å². The molecule has 2 fully saturated rings. The molecular formula is C15H22N4O2. The lowest BCUT2D eigenvalue weighted by atomic mass is 9.93. The maximum Gasteiger partial charge on any atom is 0.246 e. The zero-order chi connectivity index (χ0) is 15.0. The van der Waals surface area contributed by atoms with Crippen LogP contribution in [-0.2, 0) is 16.1 Å². The number of imidazole rings is 1. The van der Waals surface area contributed by atoms with Crippen LogP contribution in [0.2, 0.25) is 0 Å².